The summed E-state index contributed by atoms with van der Waals surface area (Å²) in [6.45, 7) is 3.36. The zero-order valence-corrected chi connectivity index (χ0v) is 22.0. The Labute approximate surface area is 215 Å². The summed E-state index contributed by atoms with van der Waals surface area (Å²) in [5.74, 6) is 0.657. The summed E-state index contributed by atoms with van der Waals surface area (Å²) in [7, 11) is -1.84. The second-order valence-electron chi connectivity index (χ2n) is 9.06. The van der Waals surface area contributed by atoms with E-state index in [1.54, 1.807) is 23.3 Å². The Morgan fingerprint density at radius 3 is 2.56 bits per heavy atom. The Morgan fingerprint density at radius 1 is 1.06 bits per heavy atom. The molecule has 1 atom stereocenters. The Kier molecular flexibility index (Phi) is 6.87. The third-order valence-electron chi connectivity index (χ3n) is 6.65. The number of benzene rings is 2. The third kappa shape index (κ3) is 4.78. The van der Waals surface area contributed by atoms with Gasteiger partial charge in [-0.3, -0.25) is 4.79 Å². The summed E-state index contributed by atoms with van der Waals surface area (Å²) in [5, 5.41) is 3.05. The summed E-state index contributed by atoms with van der Waals surface area (Å²) in [6, 6.07) is 20.7. The Balaban J connectivity index is 1.37. The SMILES string of the molecule is COc1ccccc1Cn1c(C(=O)N2CCN(S(=O)(=O)Cc3ccccc3)C(C)C2)cc2ccsc21. The van der Waals surface area contributed by atoms with E-state index in [4.69, 9.17) is 4.74 Å². The minimum atomic E-state index is -3.49. The molecule has 0 radical (unpaired) electrons. The first-order chi connectivity index (χ1) is 17.4. The van der Waals surface area contributed by atoms with Crippen molar-refractivity contribution in [3.63, 3.8) is 0 Å². The van der Waals surface area contributed by atoms with E-state index >= 15 is 0 Å². The fourth-order valence-electron chi connectivity index (χ4n) is 4.88. The molecule has 4 aromatic rings. The molecule has 5 rings (SSSR count). The zero-order valence-electron chi connectivity index (χ0n) is 20.3. The van der Waals surface area contributed by atoms with E-state index in [9.17, 15) is 13.2 Å². The van der Waals surface area contributed by atoms with Crippen LogP contribution in [0.3, 0.4) is 0 Å². The molecular formula is C27H29N3O4S2. The molecule has 7 nitrogen and oxygen atoms in total. The second-order valence-corrected chi connectivity index (χ2v) is 11.9. The molecule has 2 aromatic carbocycles. The summed E-state index contributed by atoms with van der Waals surface area (Å²) in [5.41, 5.74) is 2.36. The van der Waals surface area contributed by atoms with Crippen molar-refractivity contribution in [1.29, 1.82) is 0 Å². The van der Waals surface area contributed by atoms with E-state index in [1.165, 1.54) is 4.31 Å². The smallest absolute Gasteiger partial charge is 0.270 e. The maximum atomic E-state index is 13.7. The lowest BCUT2D eigenvalue weighted by atomic mass is 10.2. The van der Waals surface area contributed by atoms with E-state index in [2.05, 4.69) is 0 Å². The van der Waals surface area contributed by atoms with Gasteiger partial charge in [-0.15, -0.1) is 11.3 Å². The van der Waals surface area contributed by atoms with Gasteiger partial charge in [0.05, 0.1) is 19.4 Å². The van der Waals surface area contributed by atoms with Crippen LogP contribution in [-0.2, 0) is 22.3 Å². The molecule has 9 heteroatoms. The van der Waals surface area contributed by atoms with Crippen LogP contribution in [-0.4, -0.2) is 60.9 Å². The number of rotatable bonds is 7. The zero-order chi connectivity index (χ0) is 25.3. The number of ether oxygens (including phenoxy) is 1. The quantitative estimate of drug-likeness (QED) is 0.359. The number of aromatic nitrogens is 1. The van der Waals surface area contributed by atoms with Crippen LogP contribution in [0.15, 0.2) is 72.1 Å². The maximum Gasteiger partial charge on any atom is 0.270 e. The largest absolute Gasteiger partial charge is 0.496 e. The molecule has 1 aliphatic rings. The first-order valence-corrected chi connectivity index (χ1v) is 14.4. The lowest BCUT2D eigenvalue weighted by Gasteiger charge is -2.39. The number of methoxy groups -OCH3 is 1. The van der Waals surface area contributed by atoms with Gasteiger partial charge in [-0.25, -0.2) is 8.42 Å². The number of thiophene rings is 1. The molecule has 1 fully saturated rings. The highest BCUT2D eigenvalue weighted by Gasteiger charge is 2.35. The van der Waals surface area contributed by atoms with Crippen molar-refractivity contribution in [3.05, 3.63) is 88.9 Å². The van der Waals surface area contributed by atoms with Gasteiger partial charge in [-0.1, -0.05) is 48.5 Å². The van der Waals surface area contributed by atoms with Crippen LogP contribution in [0.4, 0.5) is 0 Å². The van der Waals surface area contributed by atoms with Gasteiger partial charge in [0.1, 0.15) is 16.3 Å². The Bertz CT molecular complexity index is 1480. The standard InChI is InChI=1S/C27H29N3O4S2/c1-20-17-28(13-14-30(20)36(32,33)19-21-8-4-3-5-9-21)26(31)24-16-22-12-15-35-27(22)29(24)18-23-10-6-7-11-25(23)34-2/h3-12,15-16,20H,13-14,17-19H2,1-2H3. The number of hydrogen-bond acceptors (Lipinski definition) is 5. The summed E-state index contributed by atoms with van der Waals surface area (Å²) in [4.78, 5) is 16.5. The maximum absolute atomic E-state index is 13.7. The average molecular weight is 524 g/mol. The molecular weight excluding hydrogens is 494 g/mol. The predicted molar refractivity (Wildman–Crippen MR) is 143 cm³/mol. The average Bonchev–Trinajstić information content (AvgIpc) is 3.46. The van der Waals surface area contributed by atoms with Gasteiger partial charge in [0.2, 0.25) is 10.0 Å². The molecule has 36 heavy (non-hydrogen) atoms. The Hall–Kier alpha value is -3.14. The molecule has 0 aliphatic carbocycles. The summed E-state index contributed by atoms with van der Waals surface area (Å²) in [6.07, 6.45) is 0. The number of piperazine rings is 1. The van der Waals surface area contributed by atoms with Gasteiger partial charge in [0, 0.05) is 36.6 Å². The van der Waals surface area contributed by atoms with Crippen LogP contribution < -0.4 is 4.74 Å². The minimum Gasteiger partial charge on any atom is -0.496 e. The molecule has 188 valence electrons. The lowest BCUT2D eigenvalue weighted by Crippen LogP contribution is -2.55. The van der Waals surface area contributed by atoms with Crippen molar-refractivity contribution in [2.45, 2.75) is 25.3 Å². The van der Waals surface area contributed by atoms with Gasteiger partial charge in [-0.2, -0.15) is 4.31 Å². The van der Waals surface area contributed by atoms with Crippen molar-refractivity contribution in [2.24, 2.45) is 0 Å². The van der Waals surface area contributed by atoms with Gasteiger partial charge in [0.25, 0.3) is 5.91 Å². The number of fused-ring (bicyclic) bond motifs is 1. The van der Waals surface area contributed by atoms with Gasteiger partial charge >= 0.3 is 0 Å². The molecule has 0 bridgehead atoms. The number of hydrogen-bond donors (Lipinski definition) is 0. The molecule has 1 saturated heterocycles. The third-order valence-corrected chi connectivity index (χ3v) is 9.55. The summed E-state index contributed by atoms with van der Waals surface area (Å²) < 4.78 is 35.4. The number of carbonyl (C=O) groups is 1. The summed E-state index contributed by atoms with van der Waals surface area (Å²) >= 11 is 1.60. The van der Waals surface area contributed by atoms with E-state index in [0.29, 0.717) is 25.3 Å². The molecule has 0 N–H and O–H groups in total. The fourth-order valence-corrected chi connectivity index (χ4v) is 7.53. The number of para-hydroxylation sites is 1. The van der Waals surface area contributed by atoms with Crippen LogP contribution in [0.1, 0.15) is 28.5 Å². The first-order valence-electron chi connectivity index (χ1n) is 11.9. The van der Waals surface area contributed by atoms with Crippen molar-refractivity contribution in [1.82, 2.24) is 13.8 Å². The lowest BCUT2D eigenvalue weighted by molar-refractivity contribution is 0.0632. The van der Waals surface area contributed by atoms with Crippen molar-refractivity contribution < 1.29 is 17.9 Å². The predicted octanol–water partition coefficient (Wildman–Crippen LogP) is 4.44. The molecule has 3 heterocycles. The number of amides is 1. The topological polar surface area (TPSA) is 71.8 Å². The van der Waals surface area contributed by atoms with E-state index in [1.807, 2.05) is 83.6 Å². The second kappa shape index (κ2) is 10.1. The van der Waals surface area contributed by atoms with Crippen LogP contribution in [0.25, 0.3) is 10.2 Å². The Morgan fingerprint density at radius 2 is 1.81 bits per heavy atom. The van der Waals surface area contributed by atoms with Crippen LogP contribution in [0.5, 0.6) is 5.75 Å². The van der Waals surface area contributed by atoms with Crippen LogP contribution in [0.2, 0.25) is 0 Å². The highest BCUT2D eigenvalue weighted by molar-refractivity contribution is 7.88. The molecule has 1 aliphatic heterocycles. The minimum absolute atomic E-state index is 0.0375. The van der Waals surface area contributed by atoms with Crippen molar-refractivity contribution in [2.75, 3.05) is 26.7 Å². The van der Waals surface area contributed by atoms with Crippen LogP contribution >= 0.6 is 11.3 Å². The molecule has 0 spiro atoms. The normalized spacial score (nSPS) is 16.9. The fraction of sp³-hybridized carbons (Fsp3) is 0.296. The molecule has 1 unspecified atom stereocenters. The number of sulfonamides is 1. The van der Waals surface area contributed by atoms with E-state index < -0.39 is 10.0 Å². The number of nitrogens with zero attached hydrogens (tertiary/aromatic N) is 3. The highest BCUT2D eigenvalue weighted by Crippen LogP contribution is 2.30. The highest BCUT2D eigenvalue weighted by atomic mass is 32.2. The molecule has 2 aromatic heterocycles. The van der Waals surface area contributed by atoms with E-state index in [0.717, 1.165) is 27.1 Å². The first kappa shape index (κ1) is 24.5. The van der Waals surface area contributed by atoms with Crippen LogP contribution in [0, 0.1) is 0 Å². The van der Waals surface area contributed by atoms with E-state index in [-0.39, 0.29) is 24.2 Å². The van der Waals surface area contributed by atoms with Gasteiger partial charge in [-0.05, 0) is 36.1 Å². The monoisotopic (exact) mass is 523 g/mol. The van der Waals surface area contributed by atoms with Crippen molar-refractivity contribution in [3.8, 4) is 5.75 Å². The molecule has 0 saturated carbocycles. The van der Waals surface area contributed by atoms with Gasteiger partial charge < -0.3 is 14.2 Å². The van der Waals surface area contributed by atoms with Crippen molar-refractivity contribution >= 4 is 37.5 Å². The number of carbonyl (C=O) groups excluding carboxylic acids is 1. The molecule has 1 amide bonds. The van der Waals surface area contributed by atoms with Gasteiger partial charge in [0.15, 0.2) is 0 Å².